The van der Waals surface area contributed by atoms with Crippen molar-refractivity contribution in [2.24, 2.45) is 0 Å². The average molecular weight is 471 g/mol. The highest BCUT2D eigenvalue weighted by Gasteiger charge is 2.32. The number of aryl methyl sites for hydroxylation is 1. The van der Waals surface area contributed by atoms with E-state index in [0.29, 0.717) is 23.6 Å². The molecule has 0 saturated heterocycles. The number of pyridine rings is 1. The first-order valence-corrected chi connectivity index (χ1v) is 11.7. The van der Waals surface area contributed by atoms with Gasteiger partial charge in [-0.2, -0.15) is 4.98 Å². The number of rotatable bonds is 8. The molecule has 35 heavy (non-hydrogen) atoms. The monoisotopic (exact) mass is 470 g/mol. The predicted octanol–water partition coefficient (Wildman–Crippen LogP) is 5.30. The standard InChI is InChI=1S/C27H30N6O2/c1-17-5-6-18-12-20(16-29-23(18)11-17)30-26-9-10-28-27(32-26)31-19-7-8-24(25(13-19)34-4)35-22-14-21(15-22)33(2)3/h5-13,16,21-22H,14-15H2,1-4H3,(H2,28,30,31,32). The summed E-state index contributed by atoms with van der Waals surface area (Å²) in [7, 11) is 5.86. The molecule has 0 aliphatic heterocycles. The minimum absolute atomic E-state index is 0.217. The highest BCUT2D eigenvalue weighted by Crippen LogP contribution is 2.36. The number of nitrogens with zero attached hydrogens (tertiary/aromatic N) is 4. The fraction of sp³-hybridized carbons (Fsp3) is 0.296. The Morgan fingerprint density at radius 3 is 2.57 bits per heavy atom. The second-order valence-electron chi connectivity index (χ2n) is 9.13. The van der Waals surface area contributed by atoms with Crippen LogP contribution < -0.4 is 20.1 Å². The number of anilines is 4. The molecule has 0 bridgehead atoms. The smallest absolute Gasteiger partial charge is 0.229 e. The fourth-order valence-corrected chi connectivity index (χ4v) is 4.14. The number of nitrogens with one attached hydrogen (secondary N) is 2. The predicted molar refractivity (Wildman–Crippen MR) is 139 cm³/mol. The van der Waals surface area contributed by atoms with Gasteiger partial charge in [-0.15, -0.1) is 0 Å². The first kappa shape index (κ1) is 22.9. The quantitative estimate of drug-likeness (QED) is 0.359. The van der Waals surface area contributed by atoms with Crippen molar-refractivity contribution in [3.8, 4) is 11.5 Å². The zero-order valence-corrected chi connectivity index (χ0v) is 20.4. The van der Waals surface area contributed by atoms with Crippen molar-refractivity contribution in [1.29, 1.82) is 0 Å². The van der Waals surface area contributed by atoms with E-state index in [9.17, 15) is 0 Å². The molecule has 180 valence electrons. The van der Waals surface area contributed by atoms with Crippen LogP contribution in [0.25, 0.3) is 10.9 Å². The van der Waals surface area contributed by atoms with Crippen LogP contribution in [0.5, 0.6) is 11.5 Å². The lowest BCUT2D eigenvalue weighted by atomic mass is 9.88. The van der Waals surface area contributed by atoms with Crippen LogP contribution in [0, 0.1) is 6.92 Å². The summed E-state index contributed by atoms with van der Waals surface area (Å²) < 4.78 is 11.7. The Morgan fingerprint density at radius 2 is 1.77 bits per heavy atom. The minimum atomic E-state index is 0.217. The molecule has 1 aliphatic carbocycles. The molecule has 8 heteroatoms. The lowest BCUT2D eigenvalue weighted by molar-refractivity contribution is 0.0383. The Hall–Kier alpha value is -3.91. The molecule has 1 fully saturated rings. The van der Waals surface area contributed by atoms with Crippen LogP contribution in [0.1, 0.15) is 18.4 Å². The number of benzene rings is 2. The third-order valence-corrected chi connectivity index (χ3v) is 6.28. The van der Waals surface area contributed by atoms with Crippen molar-refractivity contribution in [3.63, 3.8) is 0 Å². The Bertz CT molecular complexity index is 1340. The number of ether oxygens (including phenoxy) is 2. The summed E-state index contributed by atoms with van der Waals surface area (Å²) in [5, 5.41) is 7.63. The normalized spacial score (nSPS) is 17.2. The molecule has 5 rings (SSSR count). The van der Waals surface area contributed by atoms with Gasteiger partial charge in [0.25, 0.3) is 0 Å². The zero-order valence-electron chi connectivity index (χ0n) is 20.4. The topological polar surface area (TPSA) is 84.4 Å². The van der Waals surface area contributed by atoms with Crippen molar-refractivity contribution in [1.82, 2.24) is 19.9 Å². The summed E-state index contributed by atoms with van der Waals surface area (Å²) >= 11 is 0. The SMILES string of the molecule is COc1cc(Nc2nccc(Nc3cnc4cc(C)ccc4c3)n2)ccc1OC1CC(N(C)C)C1. The Kier molecular flexibility index (Phi) is 6.37. The minimum Gasteiger partial charge on any atom is -0.493 e. The van der Waals surface area contributed by atoms with Gasteiger partial charge in [0.15, 0.2) is 11.5 Å². The Labute approximate surface area is 205 Å². The maximum absolute atomic E-state index is 6.15. The average Bonchev–Trinajstić information content (AvgIpc) is 2.82. The summed E-state index contributed by atoms with van der Waals surface area (Å²) in [5.74, 6) is 2.57. The van der Waals surface area contributed by atoms with E-state index in [-0.39, 0.29) is 6.10 Å². The van der Waals surface area contributed by atoms with Crippen LogP contribution in [0.3, 0.4) is 0 Å². The van der Waals surface area contributed by atoms with Gasteiger partial charge in [-0.25, -0.2) is 4.98 Å². The lowest BCUT2D eigenvalue weighted by Gasteiger charge is -2.39. The van der Waals surface area contributed by atoms with E-state index in [4.69, 9.17) is 9.47 Å². The van der Waals surface area contributed by atoms with Crippen molar-refractivity contribution >= 4 is 34.0 Å². The molecule has 2 N–H and O–H groups in total. The number of methoxy groups -OCH3 is 1. The van der Waals surface area contributed by atoms with E-state index < -0.39 is 0 Å². The molecule has 2 heterocycles. The summed E-state index contributed by atoms with van der Waals surface area (Å²) in [6.45, 7) is 2.06. The second-order valence-corrected chi connectivity index (χ2v) is 9.13. The Morgan fingerprint density at radius 1 is 0.914 bits per heavy atom. The van der Waals surface area contributed by atoms with E-state index in [2.05, 4.69) is 75.8 Å². The van der Waals surface area contributed by atoms with Gasteiger partial charge in [0.05, 0.1) is 24.5 Å². The van der Waals surface area contributed by atoms with Gasteiger partial charge in [0.1, 0.15) is 11.9 Å². The summed E-state index contributed by atoms with van der Waals surface area (Å²) in [4.78, 5) is 15.7. The third kappa shape index (κ3) is 5.27. The van der Waals surface area contributed by atoms with Crippen molar-refractivity contribution in [2.45, 2.75) is 31.9 Å². The molecule has 0 unspecified atom stereocenters. The van der Waals surface area contributed by atoms with Gasteiger partial charge in [0.2, 0.25) is 5.95 Å². The maximum atomic E-state index is 6.15. The van der Waals surface area contributed by atoms with E-state index in [0.717, 1.165) is 40.9 Å². The van der Waals surface area contributed by atoms with Crippen molar-refractivity contribution in [2.75, 3.05) is 31.8 Å². The molecule has 2 aromatic heterocycles. The van der Waals surface area contributed by atoms with Crippen LogP contribution in [0.15, 0.2) is 60.9 Å². The molecule has 1 saturated carbocycles. The highest BCUT2D eigenvalue weighted by molar-refractivity contribution is 5.83. The molecule has 2 aromatic carbocycles. The third-order valence-electron chi connectivity index (χ3n) is 6.28. The van der Waals surface area contributed by atoms with Gasteiger partial charge in [0, 0.05) is 29.4 Å². The lowest BCUT2D eigenvalue weighted by Crippen LogP contribution is -2.46. The summed E-state index contributed by atoms with van der Waals surface area (Å²) in [5.41, 5.74) is 3.83. The van der Waals surface area contributed by atoms with E-state index in [1.807, 2.05) is 30.5 Å². The second kappa shape index (κ2) is 9.76. The van der Waals surface area contributed by atoms with Crippen molar-refractivity contribution in [3.05, 3.63) is 66.5 Å². The van der Waals surface area contributed by atoms with Gasteiger partial charge < -0.3 is 25.0 Å². The summed E-state index contributed by atoms with van der Waals surface area (Å²) in [6.07, 6.45) is 5.78. The van der Waals surface area contributed by atoms with Crippen LogP contribution in [-0.4, -0.2) is 53.2 Å². The van der Waals surface area contributed by atoms with Gasteiger partial charge in [-0.1, -0.05) is 12.1 Å². The zero-order chi connectivity index (χ0) is 24.4. The fourth-order valence-electron chi connectivity index (χ4n) is 4.14. The molecule has 0 amide bonds. The highest BCUT2D eigenvalue weighted by atomic mass is 16.5. The van der Waals surface area contributed by atoms with E-state index in [1.54, 1.807) is 13.3 Å². The van der Waals surface area contributed by atoms with Crippen LogP contribution >= 0.6 is 0 Å². The summed E-state index contributed by atoms with van der Waals surface area (Å²) in [6, 6.07) is 16.5. The number of aromatic nitrogens is 3. The van der Waals surface area contributed by atoms with Crippen molar-refractivity contribution < 1.29 is 9.47 Å². The maximum Gasteiger partial charge on any atom is 0.229 e. The first-order valence-electron chi connectivity index (χ1n) is 11.7. The molecule has 8 nitrogen and oxygen atoms in total. The molecule has 1 aliphatic rings. The first-order chi connectivity index (χ1) is 17.0. The number of fused-ring (bicyclic) bond motifs is 1. The number of hydrogen-bond acceptors (Lipinski definition) is 8. The van der Waals surface area contributed by atoms with Gasteiger partial charge >= 0.3 is 0 Å². The molecule has 0 radical (unpaired) electrons. The largest absolute Gasteiger partial charge is 0.493 e. The van der Waals surface area contributed by atoms with E-state index >= 15 is 0 Å². The molecular weight excluding hydrogens is 440 g/mol. The van der Waals surface area contributed by atoms with Crippen LogP contribution in [0.2, 0.25) is 0 Å². The molecule has 4 aromatic rings. The molecular formula is C27H30N6O2. The van der Waals surface area contributed by atoms with Crippen LogP contribution in [-0.2, 0) is 0 Å². The molecule has 0 atom stereocenters. The molecule has 0 spiro atoms. The van der Waals surface area contributed by atoms with Gasteiger partial charge in [-0.3, -0.25) is 4.98 Å². The van der Waals surface area contributed by atoms with Crippen LogP contribution in [0.4, 0.5) is 23.1 Å². The number of hydrogen-bond donors (Lipinski definition) is 2. The van der Waals surface area contributed by atoms with Gasteiger partial charge in [-0.05, 0) is 69.8 Å². The Balaban J connectivity index is 1.26. The van der Waals surface area contributed by atoms with E-state index in [1.165, 1.54) is 5.56 Å².